The van der Waals surface area contributed by atoms with Crippen LogP contribution < -0.4 is 5.73 Å². The Hall–Kier alpha value is -0.280. The Kier molecular flexibility index (Phi) is 10.7. The van der Waals surface area contributed by atoms with Gasteiger partial charge >= 0.3 is 0 Å². The molecule has 1 aromatic carbocycles. The topological polar surface area (TPSA) is 46.2 Å². The summed E-state index contributed by atoms with van der Waals surface area (Å²) in [6.07, 6.45) is 5.99. The molecule has 0 atom stereocenters. The van der Waals surface area contributed by atoms with E-state index in [2.05, 4.69) is 12.7 Å². The highest BCUT2D eigenvalue weighted by Crippen LogP contribution is 2.25. The predicted molar refractivity (Wildman–Crippen MR) is 75.6 cm³/mol. The highest BCUT2D eigenvalue weighted by Gasteiger charge is 2.04. The zero-order valence-electron chi connectivity index (χ0n) is 10.3. The number of benzene rings is 1. The smallest absolute Gasteiger partial charge is 0.0906 e. The van der Waals surface area contributed by atoms with E-state index in [-0.39, 0.29) is 6.73 Å². The molecule has 1 aromatic rings. The molecule has 0 heterocycles. The molecule has 1 rings (SSSR count). The third-order valence-electron chi connectivity index (χ3n) is 2.34. The van der Waals surface area contributed by atoms with Crippen molar-refractivity contribution in [3.8, 4) is 0 Å². The number of hydrogen-bond acceptors (Lipinski definition) is 2. The Morgan fingerprint density at radius 1 is 1.12 bits per heavy atom. The minimum Gasteiger partial charge on any atom is -0.382 e. The Morgan fingerprint density at radius 3 is 2.12 bits per heavy atom. The van der Waals surface area contributed by atoms with E-state index in [9.17, 15) is 0 Å². The summed E-state index contributed by atoms with van der Waals surface area (Å²) in [7, 11) is 0. The largest absolute Gasteiger partial charge is 0.382 e. The molecule has 0 aliphatic rings. The predicted octanol–water partition coefficient (Wildman–Crippen LogP) is 4.01. The first-order valence-corrected chi connectivity index (χ1v) is 6.66. The van der Waals surface area contributed by atoms with E-state index in [1.807, 2.05) is 18.2 Å². The molecule has 4 heteroatoms. The molecular formula is C13H21Cl2NO. The van der Waals surface area contributed by atoms with Crippen molar-refractivity contribution in [2.75, 3.05) is 6.73 Å². The molecule has 0 amide bonds. The van der Waals surface area contributed by atoms with Crippen LogP contribution in [0.4, 0.5) is 0 Å². The van der Waals surface area contributed by atoms with Crippen LogP contribution >= 0.6 is 23.2 Å². The minimum atomic E-state index is -0.250. The average molecular weight is 278 g/mol. The van der Waals surface area contributed by atoms with Crippen LogP contribution in [0.25, 0.3) is 0 Å². The van der Waals surface area contributed by atoms with Crippen LogP contribution in [0.3, 0.4) is 0 Å². The van der Waals surface area contributed by atoms with Gasteiger partial charge in [0, 0.05) is 10.0 Å². The molecule has 0 radical (unpaired) electrons. The molecule has 0 unspecified atom stereocenters. The van der Waals surface area contributed by atoms with Crippen molar-refractivity contribution in [3.63, 3.8) is 0 Å². The van der Waals surface area contributed by atoms with E-state index in [1.165, 1.54) is 25.7 Å². The van der Waals surface area contributed by atoms with Gasteiger partial charge in [0.2, 0.25) is 0 Å². The van der Waals surface area contributed by atoms with Crippen molar-refractivity contribution in [2.45, 2.75) is 39.0 Å². The molecule has 0 bridgehead atoms. The fourth-order valence-electron chi connectivity index (χ4n) is 1.50. The van der Waals surface area contributed by atoms with Gasteiger partial charge in [-0.25, -0.2) is 0 Å². The third-order valence-corrected chi connectivity index (χ3v) is 3.05. The molecule has 98 valence electrons. The maximum absolute atomic E-state index is 7.35. The maximum atomic E-state index is 7.35. The van der Waals surface area contributed by atoms with Gasteiger partial charge in [-0.3, -0.25) is 0 Å². The van der Waals surface area contributed by atoms with E-state index in [0.29, 0.717) is 0 Å². The number of unbranched alkanes of at least 4 members (excludes halogenated alkanes) is 3. The van der Waals surface area contributed by atoms with Gasteiger partial charge in [-0.15, -0.1) is 0 Å². The molecule has 0 aliphatic heterocycles. The van der Waals surface area contributed by atoms with Crippen molar-refractivity contribution in [3.05, 3.63) is 33.8 Å². The summed E-state index contributed by atoms with van der Waals surface area (Å²) < 4.78 is 0. The third kappa shape index (κ3) is 7.61. The standard InChI is InChI=1S/C12H16Cl2.CH5NO/c1-2-3-4-5-7-10-11(13)8-6-9-12(10)14;2-1-3/h6,8-9H,2-5,7H2,1H3;3H,1-2H2. The Morgan fingerprint density at radius 2 is 1.65 bits per heavy atom. The van der Waals surface area contributed by atoms with Crippen LogP contribution in [0.15, 0.2) is 18.2 Å². The molecule has 0 aromatic heterocycles. The van der Waals surface area contributed by atoms with Gasteiger partial charge in [0.1, 0.15) is 0 Å². The first-order chi connectivity index (χ1) is 8.17. The van der Waals surface area contributed by atoms with E-state index in [0.717, 1.165) is 22.0 Å². The zero-order valence-corrected chi connectivity index (χ0v) is 11.8. The van der Waals surface area contributed by atoms with Crippen molar-refractivity contribution in [2.24, 2.45) is 5.73 Å². The van der Waals surface area contributed by atoms with Crippen LogP contribution in [-0.2, 0) is 6.42 Å². The van der Waals surface area contributed by atoms with Gasteiger partial charge < -0.3 is 10.8 Å². The van der Waals surface area contributed by atoms with Crippen LogP contribution in [0.2, 0.25) is 10.0 Å². The Balaban J connectivity index is 0.000000770. The highest BCUT2D eigenvalue weighted by molar-refractivity contribution is 6.35. The normalized spacial score (nSPS) is 9.71. The monoisotopic (exact) mass is 277 g/mol. The van der Waals surface area contributed by atoms with Crippen LogP contribution in [-0.4, -0.2) is 11.8 Å². The summed E-state index contributed by atoms with van der Waals surface area (Å²) in [4.78, 5) is 0. The number of nitrogens with two attached hydrogens (primary N) is 1. The fraction of sp³-hybridized carbons (Fsp3) is 0.538. The van der Waals surface area contributed by atoms with Crippen LogP contribution in [0.5, 0.6) is 0 Å². The van der Waals surface area contributed by atoms with E-state index < -0.39 is 0 Å². The summed E-state index contributed by atoms with van der Waals surface area (Å²) in [5.74, 6) is 0. The molecular weight excluding hydrogens is 257 g/mol. The van der Waals surface area contributed by atoms with Gasteiger partial charge in [0.25, 0.3) is 0 Å². The number of rotatable bonds is 5. The Bertz CT molecular complexity index is 285. The molecule has 3 N–H and O–H groups in total. The summed E-state index contributed by atoms with van der Waals surface area (Å²) in [6.45, 7) is 1.96. The van der Waals surface area contributed by atoms with Crippen molar-refractivity contribution >= 4 is 23.2 Å². The van der Waals surface area contributed by atoms with E-state index >= 15 is 0 Å². The Labute approximate surface area is 114 Å². The van der Waals surface area contributed by atoms with Gasteiger partial charge in [-0.1, -0.05) is 55.5 Å². The number of aliphatic hydroxyl groups is 1. The highest BCUT2D eigenvalue weighted by atomic mass is 35.5. The molecule has 0 fully saturated rings. The second kappa shape index (κ2) is 10.8. The van der Waals surface area contributed by atoms with Gasteiger partial charge in [0.05, 0.1) is 6.73 Å². The second-order valence-corrected chi connectivity index (χ2v) is 4.51. The molecule has 0 saturated heterocycles. The average Bonchev–Trinajstić information content (AvgIpc) is 2.28. The SMILES string of the molecule is CCCCCCc1c(Cl)cccc1Cl.NCO. The van der Waals surface area contributed by atoms with Crippen molar-refractivity contribution in [1.29, 1.82) is 0 Å². The lowest BCUT2D eigenvalue weighted by molar-refractivity contribution is 0.307. The summed E-state index contributed by atoms with van der Waals surface area (Å²) >= 11 is 12.1. The van der Waals surface area contributed by atoms with Crippen LogP contribution in [0.1, 0.15) is 38.2 Å². The number of aliphatic hydroxyl groups excluding tert-OH is 1. The van der Waals surface area contributed by atoms with Gasteiger partial charge in [-0.05, 0) is 30.5 Å². The van der Waals surface area contributed by atoms with Crippen molar-refractivity contribution in [1.82, 2.24) is 0 Å². The maximum Gasteiger partial charge on any atom is 0.0906 e. The first kappa shape index (κ1) is 16.7. The number of halogens is 2. The first-order valence-electron chi connectivity index (χ1n) is 5.91. The molecule has 0 aliphatic carbocycles. The minimum absolute atomic E-state index is 0.250. The number of hydrogen-bond donors (Lipinski definition) is 2. The van der Waals surface area contributed by atoms with Crippen LogP contribution in [0, 0.1) is 0 Å². The summed E-state index contributed by atoms with van der Waals surface area (Å²) in [5, 5.41) is 8.95. The van der Waals surface area contributed by atoms with Gasteiger partial charge in [-0.2, -0.15) is 0 Å². The molecule has 0 spiro atoms. The molecule has 0 saturated carbocycles. The van der Waals surface area contributed by atoms with Gasteiger partial charge in [0.15, 0.2) is 0 Å². The lowest BCUT2D eigenvalue weighted by Crippen LogP contribution is -1.92. The fourth-order valence-corrected chi connectivity index (χ4v) is 2.09. The summed E-state index contributed by atoms with van der Waals surface area (Å²) in [5.41, 5.74) is 5.51. The second-order valence-electron chi connectivity index (χ2n) is 3.69. The summed E-state index contributed by atoms with van der Waals surface area (Å²) in [6, 6.07) is 5.70. The lowest BCUT2D eigenvalue weighted by Gasteiger charge is -2.05. The molecule has 17 heavy (non-hydrogen) atoms. The lowest BCUT2D eigenvalue weighted by atomic mass is 10.1. The van der Waals surface area contributed by atoms with E-state index in [1.54, 1.807) is 0 Å². The van der Waals surface area contributed by atoms with E-state index in [4.69, 9.17) is 28.3 Å². The zero-order chi connectivity index (χ0) is 13.1. The quantitative estimate of drug-likeness (QED) is 0.631. The van der Waals surface area contributed by atoms with Crippen molar-refractivity contribution < 1.29 is 5.11 Å². The molecule has 2 nitrogen and oxygen atoms in total.